The van der Waals surface area contributed by atoms with Crippen molar-refractivity contribution in [1.82, 2.24) is 10.3 Å². The number of carbonyl (C=O) groups excluding carboxylic acids is 2. The number of ether oxygens (including phenoxy) is 1. The Balaban J connectivity index is 1.83. The number of aromatic amines is 1. The molecule has 0 fully saturated rings. The molecule has 1 aromatic heterocycles. The van der Waals surface area contributed by atoms with Crippen molar-refractivity contribution in [3.63, 3.8) is 0 Å². The first kappa shape index (κ1) is 17.1. The number of hydrogen-bond acceptors (Lipinski definition) is 4. The highest BCUT2D eigenvalue weighted by molar-refractivity contribution is 6.02. The normalized spacial score (nSPS) is 16.2. The summed E-state index contributed by atoms with van der Waals surface area (Å²) in [5.41, 5.74) is 2.75. The van der Waals surface area contributed by atoms with Gasteiger partial charge in [0.15, 0.2) is 5.75 Å². The predicted octanol–water partition coefficient (Wildman–Crippen LogP) is 3.01. The molecule has 1 aromatic carbocycles. The van der Waals surface area contributed by atoms with E-state index in [1.807, 2.05) is 18.2 Å². The van der Waals surface area contributed by atoms with Crippen molar-refractivity contribution in [1.29, 1.82) is 0 Å². The Morgan fingerprint density at radius 3 is 2.88 bits per heavy atom. The van der Waals surface area contributed by atoms with Crippen LogP contribution in [0.4, 0.5) is 0 Å². The molecule has 6 heteroatoms. The Morgan fingerprint density at radius 1 is 1.36 bits per heavy atom. The molecular weight excluding hydrogens is 320 g/mol. The van der Waals surface area contributed by atoms with Gasteiger partial charge in [0.1, 0.15) is 11.3 Å². The average Bonchev–Trinajstić information content (AvgIpc) is 2.90. The predicted molar refractivity (Wildman–Crippen MR) is 92.7 cm³/mol. The molecule has 0 saturated carbocycles. The van der Waals surface area contributed by atoms with Crippen molar-refractivity contribution in [2.75, 3.05) is 6.61 Å². The molecule has 3 N–H and O–H groups in total. The summed E-state index contributed by atoms with van der Waals surface area (Å²) in [6, 6.07) is 7.94. The van der Waals surface area contributed by atoms with E-state index in [0.717, 1.165) is 24.8 Å². The first-order valence-corrected chi connectivity index (χ1v) is 8.50. The van der Waals surface area contributed by atoms with Gasteiger partial charge in [-0.1, -0.05) is 24.3 Å². The molecule has 6 nitrogen and oxygen atoms in total. The summed E-state index contributed by atoms with van der Waals surface area (Å²) in [7, 11) is 0. The number of fused-ring (bicyclic) bond motifs is 1. The van der Waals surface area contributed by atoms with Crippen molar-refractivity contribution in [3.8, 4) is 5.75 Å². The lowest BCUT2D eigenvalue weighted by atomic mass is 9.87. The summed E-state index contributed by atoms with van der Waals surface area (Å²) < 4.78 is 4.93. The van der Waals surface area contributed by atoms with E-state index in [0.29, 0.717) is 5.69 Å². The van der Waals surface area contributed by atoms with Crippen LogP contribution in [-0.2, 0) is 11.2 Å². The fourth-order valence-electron chi connectivity index (χ4n) is 3.36. The number of aromatic hydroxyl groups is 1. The second-order valence-electron chi connectivity index (χ2n) is 6.19. The SMILES string of the molecule is CCOC(=O)c1c(C)[nH]c(C(=O)N[C@@H]2CCCc3ccccc32)c1O. The van der Waals surface area contributed by atoms with Crippen molar-refractivity contribution >= 4 is 11.9 Å². The molecule has 0 spiro atoms. The third kappa shape index (κ3) is 3.24. The number of H-pyrrole nitrogens is 1. The highest BCUT2D eigenvalue weighted by atomic mass is 16.5. The maximum absolute atomic E-state index is 12.6. The van der Waals surface area contributed by atoms with Crippen LogP contribution in [0.15, 0.2) is 24.3 Å². The van der Waals surface area contributed by atoms with Crippen LogP contribution >= 0.6 is 0 Å². The lowest BCUT2D eigenvalue weighted by Crippen LogP contribution is -2.31. The first-order chi connectivity index (χ1) is 12.0. The molecule has 1 heterocycles. The van der Waals surface area contributed by atoms with Crippen LogP contribution in [0.5, 0.6) is 5.75 Å². The van der Waals surface area contributed by atoms with Crippen LogP contribution in [0, 0.1) is 6.92 Å². The minimum atomic E-state index is -0.643. The van der Waals surface area contributed by atoms with Gasteiger partial charge < -0.3 is 20.1 Å². The smallest absolute Gasteiger partial charge is 0.343 e. The van der Waals surface area contributed by atoms with Gasteiger partial charge >= 0.3 is 5.97 Å². The second kappa shape index (κ2) is 7.01. The number of carbonyl (C=O) groups is 2. The molecule has 1 amide bonds. The second-order valence-corrected chi connectivity index (χ2v) is 6.19. The summed E-state index contributed by atoms with van der Waals surface area (Å²) in [6.07, 6.45) is 2.84. The number of hydrogen-bond donors (Lipinski definition) is 3. The molecule has 0 unspecified atom stereocenters. The number of esters is 1. The third-order valence-corrected chi connectivity index (χ3v) is 4.54. The molecule has 0 radical (unpaired) electrons. The lowest BCUT2D eigenvalue weighted by Gasteiger charge is -2.26. The van der Waals surface area contributed by atoms with Crippen LogP contribution < -0.4 is 5.32 Å². The Morgan fingerprint density at radius 2 is 2.12 bits per heavy atom. The lowest BCUT2D eigenvalue weighted by molar-refractivity contribution is 0.0522. The number of aromatic nitrogens is 1. The molecule has 0 aliphatic heterocycles. The minimum Gasteiger partial charge on any atom is -0.505 e. The van der Waals surface area contributed by atoms with Gasteiger partial charge in [0.2, 0.25) is 0 Å². The number of amides is 1. The standard InChI is InChI=1S/C19H22N2O4/c1-3-25-19(24)15-11(2)20-16(17(15)22)18(23)21-14-10-6-8-12-7-4-5-9-13(12)14/h4-5,7,9,14,20,22H,3,6,8,10H2,1-2H3,(H,21,23)/t14-/m1/s1. The summed E-state index contributed by atoms with van der Waals surface area (Å²) in [6.45, 7) is 3.51. The monoisotopic (exact) mass is 342 g/mol. The molecule has 25 heavy (non-hydrogen) atoms. The van der Waals surface area contributed by atoms with Gasteiger partial charge in [0.25, 0.3) is 5.91 Å². The fraction of sp³-hybridized carbons (Fsp3) is 0.368. The van der Waals surface area contributed by atoms with Crippen LogP contribution in [0.3, 0.4) is 0 Å². The van der Waals surface area contributed by atoms with Crippen molar-refractivity contribution in [2.45, 2.75) is 39.2 Å². The molecule has 1 atom stereocenters. The largest absolute Gasteiger partial charge is 0.505 e. The summed E-state index contributed by atoms with van der Waals surface area (Å²) in [4.78, 5) is 27.4. The van der Waals surface area contributed by atoms with Crippen molar-refractivity contribution in [3.05, 3.63) is 52.3 Å². The van der Waals surface area contributed by atoms with Crippen LogP contribution in [-0.4, -0.2) is 28.6 Å². The minimum absolute atomic E-state index is 0.0102. The molecule has 132 valence electrons. The topological polar surface area (TPSA) is 91.4 Å². The Bertz CT molecular complexity index is 810. The Kier molecular flexibility index (Phi) is 4.79. The summed E-state index contributed by atoms with van der Waals surface area (Å²) in [5, 5.41) is 13.3. The van der Waals surface area contributed by atoms with Gasteiger partial charge in [-0.15, -0.1) is 0 Å². The van der Waals surface area contributed by atoms with Crippen LogP contribution in [0.1, 0.15) is 63.5 Å². The first-order valence-electron chi connectivity index (χ1n) is 8.50. The average molecular weight is 342 g/mol. The van der Waals surface area contributed by atoms with E-state index < -0.39 is 11.9 Å². The van der Waals surface area contributed by atoms with Gasteiger partial charge in [0.05, 0.1) is 12.6 Å². The maximum atomic E-state index is 12.6. The van der Waals surface area contributed by atoms with E-state index in [2.05, 4.69) is 16.4 Å². The van der Waals surface area contributed by atoms with Crippen molar-refractivity contribution in [2.24, 2.45) is 0 Å². The maximum Gasteiger partial charge on any atom is 0.343 e. The van der Waals surface area contributed by atoms with E-state index in [-0.39, 0.29) is 29.7 Å². The van der Waals surface area contributed by atoms with Gasteiger partial charge in [-0.3, -0.25) is 4.79 Å². The molecular formula is C19H22N2O4. The van der Waals surface area contributed by atoms with Crippen molar-refractivity contribution < 1.29 is 19.4 Å². The molecule has 0 bridgehead atoms. The zero-order valence-electron chi connectivity index (χ0n) is 14.4. The van der Waals surface area contributed by atoms with E-state index in [4.69, 9.17) is 4.74 Å². The highest BCUT2D eigenvalue weighted by Gasteiger charge is 2.28. The number of rotatable bonds is 4. The number of aryl methyl sites for hydroxylation is 2. The molecule has 3 rings (SSSR count). The number of nitrogens with one attached hydrogen (secondary N) is 2. The Hall–Kier alpha value is -2.76. The van der Waals surface area contributed by atoms with E-state index in [1.165, 1.54) is 5.56 Å². The van der Waals surface area contributed by atoms with Gasteiger partial charge in [-0.25, -0.2) is 4.79 Å². The van der Waals surface area contributed by atoms with Gasteiger partial charge in [0, 0.05) is 5.69 Å². The molecule has 2 aromatic rings. The zero-order chi connectivity index (χ0) is 18.0. The van der Waals surface area contributed by atoms with Crippen LogP contribution in [0.2, 0.25) is 0 Å². The zero-order valence-corrected chi connectivity index (χ0v) is 14.4. The third-order valence-electron chi connectivity index (χ3n) is 4.54. The molecule has 1 aliphatic rings. The summed E-state index contributed by atoms with van der Waals surface area (Å²) >= 11 is 0. The fourth-order valence-corrected chi connectivity index (χ4v) is 3.36. The highest BCUT2D eigenvalue weighted by Crippen LogP contribution is 2.31. The van der Waals surface area contributed by atoms with Gasteiger partial charge in [-0.2, -0.15) is 0 Å². The van der Waals surface area contributed by atoms with E-state index in [1.54, 1.807) is 13.8 Å². The molecule has 0 saturated heterocycles. The summed E-state index contributed by atoms with van der Waals surface area (Å²) in [5.74, 6) is -1.44. The molecule has 1 aliphatic carbocycles. The van der Waals surface area contributed by atoms with Gasteiger partial charge in [-0.05, 0) is 44.2 Å². The quantitative estimate of drug-likeness (QED) is 0.745. The van der Waals surface area contributed by atoms with Crippen LogP contribution in [0.25, 0.3) is 0 Å². The Labute approximate surface area is 146 Å². The van der Waals surface area contributed by atoms with E-state index in [9.17, 15) is 14.7 Å². The number of benzene rings is 1. The van der Waals surface area contributed by atoms with E-state index >= 15 is 0 Å².